The van der Waals surface area contributed by atoms with Crippen LogP contribution < -0.4 is 5.73 Å². The fourth-order valence-electron chi connectivity index (χ4n) is 5.58. The van der Waals surface area contributed by atoms with Crippen molar-refractivity contribution in [2.75, 3.05) is 24.9 Å². The number of imidazole rings is 1. The summed E-state index contributed by atoms with van der Waals surface area (Å²) in [6.45, 7) is -2.12. The average Bonchev–Trinajstić information content (AvgIpc) is 3.71. The number of nitrogens with two attached hydrogens (primary N) is 1. The lowest BCUT2D eigenvalue weighted by molar-refractivity contribution is -0.279. The third-order valence-electron chi connectivity index (χ3n) is 8.43. The number of aliphatic hydroxyl groups excluding tert-OH is 6. The van der Waals surface area contributed by atoms with Crippen molar-refractivity contribution in [3.05, 3.63) is 84.4 Å². The largest absolute Gasteiger partial charge is 0.394 e. The van der Waals surface area contributed by atoms with Crippen molar-refractivity contribution in [3.63, 3.8) is 0 Å². The van der Waals surface area contributed by atoms with E-state index >= 15 is 0 Å². The maximum absolute atomic E-state index is 14.6. The van der Waals surface area contributed by atoms with Crippen LogP contribution in [0, 0.1) is 0 Å². The van der Waals surface area contributed by atoms with E-state index in [9.17, 15) is 39.8 Å². The minimum atomic E-state index is -4.75. The van der Waals surface area contributed by atoms with Gasteiger partial charge in [-0.05, 0) is 11.1 Å². The monoisotopic (exact) mass is 767 g/mol. The summed E-state index contributed by atoms with van der Waals surface area (Å²) in [7, 11) is -9.38. The third kappa shape index (κ3) is 8.59. The van der Waals surface area contributed by atoms with Crippen LogP contribution in [-0.4, -0.2) is 118 Å². The van der Waals surface area contributed by atoms with Gasteiger partial charge in [-0.3, -0.25) is 18.2 Å². The molecule has 19 nitrogen and oxygen atoms in total. The highest BCUT2D eigenvalue weighted by molar-refractivity contribution is 7.71. The summed E-state index contributed by atoms with van der Waals surface area (Å²) in [5.74, 6) is -0.996. The second kappa shape index (κ2) is 16.4. The predicted octanol–water partition coefficient (Wildman–Crippen LogP) is 0.638. The van der Waals surface area contributed by atoms with Crippen LogP contribution in [0.3, 0.4) is 0 Å². The number of aliphatic hydroxyl groups is 6. The molecule has 4 aromatic rings. The standard InChI is InChI=1S/C31H39N5O14P2/c32-28-22-29(34-15-33-28)36(16-35-22)30-26(41)24(39)21(48-30)14-47-51(43,45-12-18-7-3-1-4-8-18)17-52(44,46-13-19-9-5-2-6-10-19)50-31-27(42)25(40)23(38)20(11-37)49-31/h1-10,15-16,20-21,23-27,30-31,37-42H,11-14,17H2,(H2,32,33,34)/t20?,21-,23-,24?,25+,26+,27?,30-,31?,51?,52?/m1/s1. The molecule has 0 spiro atoms. The van der Waals surface area contributed by atoms with Crippen molar-refractivity contribution >= 4 is 32.2 Å². The minimum Gasteiger partial charge on any atom is -0.394 e. The Kier molecular flexibility index (Phi) is 12.2. The highest BCUT2D eigenvalue weighted by Crippen LogP contribution is 2.65. The second-order valence-corrected chi connectivity index (χ2v) is 16.7. The van der Waals surface area contributed by atoms with Crippen LogP contribution in [0.1, 0.15) is 17.4 Å². The molecule has 8 N–H and O–H groups in total. The topological polar surface area (TPSA) is 281 Å². The first-order valence-electron chi connectivity index (χ1n) is 16.0. The fraction of sp³-hybridized carbons (Fsp3) is 0.452. The maximum atomic E-state index is 14.6. The van der Waals surface area contributed by atoms with Gasteiger partial charge in [-0.25, -0.2) is 15.0 Å². The molecule has 282 valence electrons. The normalized spacial score (nSPS) is 30.2. The number of hydrogen-bond acceptors (Lipinski definition) is 18. The Balaban J connectivity index is 1.25. The smallest absolute Gasteiger partial charge is 0.345 e. The predicted molar refractivity (Wildman–Crippen MR) is 179 cm³/mol. The van der Waals surface area contributed by atoms with Crippen LogP contribution >= 0.6 is 15.2 Å². The molecule has 0 amide bonds. The summed E-state index contributed by atoms with van der Waals surface area (Å²) in [6, 6.07) is 17.0. The Morgan fingerprint density at radius 2 is 1.35 bits per heavy atom. The lowest BCUT2D eigenvalue weighted by Crippen LogP contribution is -2.59. The van der Waals surface area contributed by atoms with E-state index in [0.717, 1.165) is 0 Å². The number of nitrogens with zero attached hydrogens (tertiary/aromatic N) is 4. The van der Waals surface area contributed by atoms with E-state index in [-0.39, 0.29) is 30.2 Å². The Hall–Kier alpha value is -3.23. The number of rotatable bonds is 15. The first kappa shape index (κ1) is 38.5. The minimum absolute atomic E-state index is 0.0815. The number of fused-ring (bicyclic) bond motifs is 1. The first-order chi connectivity index (χ1) is 24.9. The molecule has 2 aromatic carbocycles. The van der Waals surface area contributed by atoms with E-state index in [1.54, 1.807) is 60.7 Å². The molecule has 2 aromatic heterocycles. The van der Waals surface area contributed by atoms with Crippen LogP contribution in [0.5, 0.6) is 0 Å². The number of anilines is 1. The number of nitrogen functional groups attached to an aromatic ring is 1. The van der Waals surface area contributed by atoms with Gasteiger partial charge in [-0.2, -0.15) is 0 Å². The number of aromatic nitrogens is 4. The van der Waals surface area contributed by atoms with Gasteiger partial charge in [0.2, 0.25) is 0 Å². The summed E-state index contributed by atoms with van der Waals surface area (Å²) in [5, 5.41) is 62.8. The Bertz CT molecular complexity index is 1870. The molecule has 2 saturated heterocycles. The van der Waals surface area contributed by atoms with Crippen molar-refractivity contribution in [3.8, 4) is 0 Å². The third-order valence-corrected chi connectivity index (χ3v) is 13.3. The average molecular weight is 768 g/mol. The number of benzene rings is 2. The lowest BCUT2D eigenvalue weighted by atomic mass is 10.00. The molecule has 21 heteroatoms. The molecule has 11 atom stereocenters. The zero-order valence-corrected chi connectivity index (χ0v) is 29.2. The molecular weight excluding hydrogens is 728 g/mol. The Labute approximate surface area is 296 Å². The van der Waals surface area contributed by atoms with Crippen molar-refractivity contribution in [2.24, 2.45) is 0 Å². The molecule has 0 aliphatic carbocycles. The van der Waals surface area contributed by atoms with Gasteiger partial charge in [0.25, 0.3) is 0 Å². The molecular formula is C31H39N5O14P2. The van der Waals surface area contributed by atoms with E-state index in [1.807, 2.05) is 0 Å². The van der Waals surface area contributed by atoms with Crippen molar-refractivity contribution in [2.45, 2.75) is 68.5 Å². The summed E-state index contributed by atoms with van der Waals surface area (Å²) in [5.41, 5.74) is 7.41. The molecule has 6 rings (SSSR count). The summed E-state index contributed by atoms with van der Waals surface area (Å²) in [6.07, 6.45) is -12.1. The molecule has 0 bridgehead atoms. The van der Waals surface area contributed by atoms with Gasteiger partial charge in [0, 0.05) is 0 Å². The van der Waals surface area contributed by atoms with Crippen LogP contribution in [0.2, 0.25) is 0 Å². The van der Waals surface area contributed by atoms with Gasteiger partial charge < -0.3 is 59.4 Å². The van der Waals surface area contributed by atoms with Gasteiger partial charge in [0.05, 0.1) is 32.8 Å². The van der Waals surface area contributed by atoms with Crippen LogP contribution in [0.25, 0.3) is 11.2 Å². The van der Waals surface area contributed by atoms with Crippen molar-refractivity contribution < 1.29 is 67.3 Å². The highest BCUT2D eigenvalue weighted by atomic mass is 31.2. The van der Waals surface area contributed by atoms with Gasteiger partial charge in [-0.15, -0.1) is 0 Å². The zero-order valence-electron chi connectivity index (χ0n) is 27.4. The van der Waals surface area contributed by atoms with Crippen LogP contribution in [-0.2, 0) is 49.9 Å². The molecule has 0 radical (unpaired) electrons. The Morgan fingerprint density at radius 3 is 1.98 bits per heavy atom. The van der Waals surface area contributed by atoms with E-state index in [2.05, 4.69) is 15.0 Å². The molecule has 2 fully saturated rings. The molecule has 4 heterocycles. The van der Waals surface area contributed by atoms with Gasteiger partial charge in [0.15, 0.2) is 29.9 Å². The van der Waals surface area contributed by atoms with Gasteiger partial charge in [0.1, 0.15) is 54.6 Å². The highest BCUT2D eigenvalue weighted by Gasteiger charge is 2.50. The van der Waals surface area contributed by atoms with Gasteiger partial charge in [-0.1, -0.05) is 60.7 Å². The lowest BCUT2D eigenvalue weighted by Gasteiger charge is -2.40. The zero-order chi connectivity index (χ0) is 37.0. The van der Waals surface area contributed by atoms with E-state index in [0.29, 0.717) is 11.1 Å². The molecule has 52 heavy (non-hydrogen) atoms. The first-order valence-corrected chi connectivity index (χ1v) is 19.5. The van der Waals surface area contributed by atoms with E-state index < -0.39 is 89.6 Å². The Morgan fingerprint density at radius 1 is 0.731 bits per heavy atom. The second-order valence-electron chi connectivity index (χ2n) is 12.1. The molecule has 0 saturated carbocycles. The SMILES string of the molecule is Nc1ncnc2c1ncn2[C@@H]1O[C@H](COP(=O)(CP(=O)(OCc2ccccc2)OC2OC(CO)[C@@H](O)[C@H](O)C2O)OCc2ccccc2)C(O)[C@@H]1O. The maximum Gasteiger partial charge on any atom is 0.345 e. The van der Waals surface area contributed by atoms with Crippen molar-refractivity contribution in [1.82, 2.24) is 19.5 Å². The fourth-order valence-corrected chi connectivity index (χ4v) is 10.2. The van der Waals surface area contributed by atoms with Crippen LogP contribution in [0.4, 0.5) is 5.82 Å². The quantitative estimate of drug-likeness (QED) is 0.0817. The summed E-state index contributed by atoms with van der Waals surface area (Å²) >= 11 is 0. The van der Waals surface area contributed by atoms with E-state index in [4.69, 9.17) is 33.3 Å². The summed E-state index contributed by atoms with van der Waals surface area (Å²) < 4.78 is 64.7. The molecule has 2 aliphatic rings. The summed E-state index contributed by atoms with van der Waals surface area (Å²) in [4.78, 5) is 12.2. The van der Waals surface area contributed by atoms with E-state index in [1.165, 1.54) is 17.2 Å². The van der Waals surface area contributed by atoms with Crippen LogP contribution in [0.15, 0.2) is 73.3 Å². The van der Waals surface area contributed by atoms with Crippen molar-refractivity contribution in [1.29, 1.82) is 0 Å². The number of ether oxygens (including phenoxy) is 2. The number of hydrogen-bond donors (Lipinski definition) is 7. The van der Waals surface area contributed by atoms with Gasteiger partial charge >= 0.3 is 15.2 Å². The molecule has 2 aliphatic heterocycles. The molecule has 6 unspecified atom stereocenters.